The lowest BCUT2D eigenvalue weighted by Gasteiger charge is -2.36. The molecule has 1 aromatic rings. The molecule has 0 radical (unpaired) electrons. The SMILES string of the molecule is CCNC(=NCC(C)CN1CCOCC1)N1CCN(c2ncccn2)CC1. The highest BCUT2D eigenvalue weighted by atomic mass is 16.5. The molecule has 2 fully saturated rings. The highest BCUT2D eigenvalue weighted by Crippen LogP contribution is 2.10. The first-order chi connectivity index (χ1) is 13.3. The smallest absolute Gasteiger partial charge is 0.225 e. The van der Waals surface area contributed by atoms with E-state index in [4.69, 9.17) is 9.73 Å². The molecule has 27 heavy (non-hydrogen) atoms. The fourth-order valence-corrected chi connectivity index (χ4v) is 3.52. The van der Waals surface area contributed by atoms with Gasteiger partial charge in [-0.15, -0.1) is 0 Å². The summed E-state index contributed by atoms with van der Waals surface area (Å²) in [6, 6.07) is 1.85. The van der Waals surface area contributed by atoms with Crippen LogP contribution < -0.4 is 10.2 Å². The lowest BCUT2D eigenvalue weighted by molar-refractivity contribution is 0.0323. The fraction of sp³-hybridized carbons (Fsp3) is 0.737. The van der Waals surface area contributed by atoms with Gasteiger partial charge in [0.25, 0.3) is 0 Å². The van der Waals surface area contributed by atoms with E-state index >= 15 is 0 Å². The Bertz CT molecular complexity index is 569. The van der Waals surface area contributed by atoms with Crippen molar-refractivity contribution >= 4 is 11.9 Å². The first-order valence-electron chi connectivity index (χ1n) is 10.1. The fourth-order valence-electron chi connectivity index (χ4n) is 3.52. The second kappa shape index (κ2) is 10.4. The highest BCUT2D eigenvalue weighted by Gasteiger charge is 2.21. The highest BCUT2D eigenvalue weighted by molar-refractivity contribution is 5.80. The minimum Gasteiger partial charge on any atom is -0.379 e. The first-order valence-corrected chi connectivity index (χ1v) is 10.1. The molecule has 2 saturated heterocycles. The maximum Gasteiger partial charge on any atom is 0.225 e. The van der Waals surface area contributed by atoms with Gasteiger partial charge in [-0.2, -0.15) is 0 Å². The standard InChI is InChI=1S/C19H33N7O/c1-3-20-18(23-15-17(2)16-24-11-13-27-14-12-24)25-7-9-26(10-8-25)19-21-5-4-6-22-19/h4-6,17H,3,7-16H2,1-2H3,(H,20,23). The van der Waals surface area contributed by atoms with Gasteiger partial charge >= 0.3 is 0 Å². The first kappa shape index (κ1) is 19.8. The molecule has 8 nitrogen and oxygen atoms in total. The zero-order valence-corrected chi connectivity index (χ0v) is 16.7. The molecule has 3 heterocycles. The number of guanidine groups is 1. The number of aliphatic imine (C=N–C) groups is 1. The second-order valence-corrected chi connectivity index (χ2v) is 7.24. The average Bonchev–Trinajstić information content (AvgIpc) is 2.73. The van der Waals surface area contributed by atoms with Crippen LogP contribution in [0.3, 0.4) is 0 Å². The lowest BCUT2D eigenvalue weighted by atomic mass is 10.1. The number of rotatable bonds is 6. The molecular weight excluding hydrogens is 342 g/mol. The van der Waals surface area contributed by atoms with E-state index in [9.17, 15) is 0 Å². The van der Waals surface area contributed by atoms with Gasteiger partial charge in [0, 0.05) is 71.3 Å². The topological polar surface area (TPSA) is 69.1 Å². The Morgan fingerprint density at radius 1 is 1.15 bits per heavy atom. The molecule has 2 aliphatic heterocycles. The molecule has 3 rings (SSSR count). The monoisotopic (exact) mass is 375 g/mol. The summed E-state index contributed by atoms with van der Waals surface area (Å²) in [7, 11) is 0. The van der Waals surface area contributed by atoms with Crippen molar-refractivity contribution in [2.24, 2.45) is 10.9 Å². The molecule has 1 aromatic heterocycles. The van der Waals surface area contributed by atoms with Gasteiger partial charge in [0.1, 0.15) is 0 Å². The molecule has 150 valence electrons. The molecular formula is C19H33N7O. The molecule has 2 aliphatic rings. The van der Waals surface area contributed by atoms with Gasteiger partial charge in [-0.05, 0) is 18.9 Å². The summed E-state index contributed by atoms with van der Waals surface area (Å²) < 4.78 is 5.43. The molecule has 8 heteroatoms. The van der Waals surface area contributed by atoms with Gasteiger partial charge in [0.15, 0.2) is 5.96 Å². The summed E-state index contributed by atoms with van der Waals surface area (Å²) >= 11 is 0. The molecule has 0 spiro atoms. The van der Waals surface area contributed by atoms with Crippen molar-refractivity contribution in [3.8, 4) is 0 Å². The molecule has 0 bridgehead atoms. The van der Waals surface area contributed by atoms with Crippen LogP contribution in [0.1, 0.15) is 13.8 Å². The molecule has 1 N–H and O–H groups in total. The Hall–Kier alpha value is -1.93. The number of nitrogens with one attached hydrogen (secondary N) is 1. The van der Waals surface area contributed by atoms with E-state index < -0.39 is 0 Å². The number of nitrogens with zero attached hydrogens (tertiary/aromatic N) is 6. The van der Waals surface area contributed by atoms with Gasteiger partial charge in [-0.1, -0.05) is 6.92 Å². The number of piperazine rings is 1. The Balaban J connectivity index is 1.50. The zero-order valence-electron chi connectivity index (χ0n) is 16.7. The predicted octanol–water partition coefficient (Wildman–Crippen LogP) is 0.532. The number of hydrogen-bond donors (Lipinski definition) is 1. The number of anilines is 1. The minimum atomic E-state index is 0.538. The normalized spacial score (nSPS) is 20.6. The van der Waals surface area contributed by atoms with Crippen LogP contribution in [0.25, 0.3) is 0 Å². The van der Waals surface area contributed by atoms with E-state index in [1.807, 2.05) is 6.07 Å². The Kier molecular flexibility index (Phi) is 7.65. The summed E-state index contributed by atoms with van der Waals surface area (Å²) in [5.74, 6) is 2.38. The van der Waals surface area contributed by atoms with E-state index in [-0.39, 0.29) is 0 Å². The third-order valence-corrected chi connectivity index (χ3v) is 4.98. The van der Waals surface area contributed by atoms with Gasteiger partial charge in [0.05, 0.1) is 13.2 Å². The lowest BCUT2D eigenvalue weighted by Crippen LogP contribution is -2.53. The summed E-state index contributed by atoms with van der Waals surface area (Å²) in [6.45, 7) is 14.7. The zero-order chi connectivity index (χ0) is 18.9. The van der Waals surface area contributed by atoms with Gasteiger partial charge in [-0.3, -0.25) is 9.89 Å². The average molecular weight is 376 g/mol. The van der Waals surface area contributed by atoms with Crippen LogP contribution in [0.15, 0.2) is 23.5 Å². The van der Waals surface area contributed by atoms with Gasteiger partial charge in [0.2, 0.25) is 5.95 Å². The van der Waals surface area contributed by atoms with Crippen molar-refractivity contribution in [1.82, 2.24) is 25.1 Å². The maximum absolute atomic E-state index is 5.43. The molecule has 0 aliphatic carbocycles. The van der Waals surface area contributed by atoms with Crippen molar-refractivity contribution in [1.29, 1.82) is 0 Å². The van der Waals surface area contributed by atoms with Crippen molar-refractivity contribution < 1.29 is 4.74 Å². The molecule has 1 atom stereocenters. The number of ether oxygens (including phenoxy) is 1. The van der Waals surface area contributed by atoms with Crippen LogP contribution in [-0.2, 0) is 4.74 Å². The van der Waals surface area contributed by atoms with E-state index in [2.05, 4.69) is 43.8 Å². The summed E-state index contributed by atoms with van der Waals surface area (Å²) in [5.41, 5.74) is 0. The number of morpholine rings is 1. The molecule has 0 amide bonds. The third-order valence-electron chi connectivity index (χ3n) is 4.98. The minimum absolute atomic E-state index is 0.538. The van der Waals surface area contributed by atoms with E-state index in [0.29, 0.717) is 5.92 Å². The molecule has 0 aromatic carbocycles. The van der Waals surface area contributed by atoms with Crippen LogP contribution in [-0.4, -0.2) is 97.8 Å². The summed E-state index contributed by atoms with van der Waals surface area (Å²) in [4.78, 5) is 20.7. The Morgan fingerprint density at radius 2 is 1.85 bits per heavy atom. The van der Waals surface area contributed by atoms with Crippen LogP contribution in [0.2, 0.25) is 0 Å². The number of aromatic nitrogens is 2. The molecule has 1 unspecified atom stereocenters. The van der Waals surface area contributed by atoms with Gasteiger partial charge in [-0.25, -0.2) is 9.97 Å². The van der Waals surface area contributed by atoms with Crippen LogP contribution in [0.5, 0.6) is 0 Å². The third kappa shape index (κ3) is 6.04. The van der Waals surface area contributed by atoms with Crippen molar-refractivity contribution in [3.05, 3.63) is 18.5 Å². The van der Waals surface area contributed by atoms with Crippen LogP contribution >= 0.6 is 0 Å². The summed E-state index contributed by atoms with van der Waals surface area (Å²) in [6.07, 6.45) is 3.60. The van der Waals surface area contributed by atoms with Crippen LogP contribution in [0, 0.1) is 5.92 Å². The Labute approximate surface area is 162 Å². The van der Waals surface area contributed by atoms with Crippen molar-refractivity contribution in [3.63, 3.8) is 0 Å². The molecule has 0 saturated carbocycles. The Morgan fingerprint density at radius 3 is 2.52 bits per heavy atom. The summed E-state index contributed by atoms with van der Waals surface area (Å²) in [5, 5.41) is 3.46. The van der Waals surface area contributed by atoms with Gasteiger partial charge < -0.3 is 19.9 Å². The van der Waals surface area contributed by atoms with Crippen LogP contribution in [0.4, 0.5) is 5.95 Å². The van der Waals surface area contributed by atoms with E-state index in [1.54, 1.807) is 12.4 Å². The van der Waals surface area contributed by atoms with Crippen molar-refractivity contribution in [2.45, 2.75) is 13.8 Å². The van der Waals surface area contributed by atoms with Crippen molar-refractivity contribution in [2.75, 3.05) is 77.0 Å². The maximum atomic E-state index is 5.43. The largest absolute Gasteiger partial charge is 0.379 e. The quantitative estimate of drug-likeness (QED) is 0.575. The van der Waals surface area contributed by atoms with E-state index in [1.165, 1.54) is 0 Å². The second-order valence-electron chi connectivity index (χ2n) is 7.24. The van der Waals surface area contributed by atoms with E-state index in [0.717, 1.165) is 84.0 Å². The number of hydrogen-bond acceptors (Lipinski definition) is 6. The predicted molar refractivity (Wildman–Crippen MR) is 108 cm³/mol.